The second kappa shape index (κ2) is 9.86. The monoisotopic (exact) mass is 437 g/mol. The average Bonchev–Trinajstić information content (AvgIpc) is 3.35. The molecule has 2 heterocycles. The van der Waals surface area contributed by atoms with Gasteiger partial charge in [0.25, 0.3) is 0 Å². The van der Waals surface area contributed by atoms with Crippen molar-refractivity contribution in [3.63, 3.8) is 0 Å². The minimum Gasteiger partial charge on any atom is -0.497 e. The summed E-state index contributed by atoms with van der Waals surface area (Å²) in [5.41, 5.74) is 1.50. The van der Waals surface area contributed by atoms with Crippen molar-refractivity contribution in [2.75, 3.05) is 39.6 Å². The van der Waals surface area contributed by atoms with Crippen LogP contribution in [0.2, 0.25) is 0 Å². The number of amides is 1. The zero-order valence-corrected chi connectivity index (χ0v) is 19.5. The number of aromatic nitrogens is 2. The number of nitrogens with one attached hydrogen (secondary N) is 2. The summed E-state index contributed by atoms with van der Waals surface area (Å²) in [5, 5.41) is 6.61. The van der Waals surface area contributed by atoms with E-state index in [-0.39, 0.29) is 5.91 Å². The van der Waals surface area contributed by atoms with E-state index in [4.69, 9.17) is 14.7 Å². The van der Waals surface area contributed by atoms with Gasteiger partial charge in [-0.3, -0.25) is 4.79 Å². The molecular formula is C25H35N5O2. The van der Waals surface area contributed by atoms with Gasteiger partial charge in [-0.2, -0.15) is 0 Å². The summed E-state index contributed by atoms with van der Waals surface area (Å²) >= 11 is 0. The van der Waals surface area contributed by atoms with Crippen LogP contribution >= 0.6 is 0 Å². The van der Waals surface area contributed by atoms with Gasteiger partial charge in [-0.1, -0.05) is 25.0 Å². The number of rotatable bonds is 7. The molecule has 2 N–H and O–H groups in total. The van der Waals surface area contributed by atoms with E-state index in [0.29, 0.717) is 12.5 Å². The Labute approximate surface area is 191 Å². The van der Waals surface area contributed by atoms with Crippen LogP contribution in [0.4, 0.5) is 5.82 Å². The second-order valence-corrected chi connectivity index (χ2v) is 9.07. The number of anilines is 1. The van der Waals surface area contributed by atoms with Gasteiger partial charge in [0.1, 0.15) is 17.4 Å². The van der Waals surface area contributed by atoms with Crippen LogP contribution in [0.15, 0.2) is 30.3 Å². The van der Waals surface area contributed by atoms with E-state index in [1.165, 1.54) is 0 Å². The van der Waals surface area contributed by atoms with Crippen LogP contribution in [-0.4, -0.2) is 55.1 Å². The summed E-state index contributed by atoms with van der Waals surface area (Å²) in [6.45, 7) is 2.43. The number of carbonyl (C=O) groups is 1. The number of hydrogen-bond acceptors (Lipinski definition) is 6. The van der Waals surface area contributed by atoms with Crippen LogP contribution in [-0.2, 0) is 16.8 Å². The van der Waals surface area contributed by atoms with Crippen molar-refractivity contribution < 1.29 is 9.53 Å². The lowest BCUT2D eigenvalue weighted by atomic mass is 9.77. The third-order valence-electron chi connectivity index (χ3n) is 6.97. The molecule has 1 aliphatic heterocycles. The lowest BCUT2D eigenvalue weighted by molar-refractivity contribution is -0.136. The van der Waals surface area contributed by atoms with Crippen LogP contribution in [0.25, 0.3) is 0 Å². The van der Waals surface area contributed by atoms with Crippen LogP contribution in [0.5, 0.6) is 5.75 Å². The molecule has 32 heavy (non-hydrogen) atoms. The van der Waals surface area contributed by atoms with Crippen molar-refractivity contribution in [1.82, 2.24) is 20.2 Å². The van der Waals surface area contributed by atoms with Crippen molar-refractivity contribution in [1.29, 1.82) is 0 Å². The quantitative estimate of drug-likeness (QED) is 0.691. The Morgan fingerprint density at radius 2 is 1.97 bits per heavy atom. The lowest BCUT2D eigenvalue weighted by Crippen LogP contribution is -2.43. The topological polar surface area (TPSA) is 79.4 Å². The first-order valence-corrected chi connectivity index (χ1v) is 11.7. The van der Waals surface area contributed by atoms with E-state index in [9.17, 15) is 4.79 Å². The fourth-order valence-corrected chi connectivity index (χ4v) is 5.18. The highest BCUT2D eigenvalue weighted by molar-refractivity contribution is 5.88. The number of hydrogen-bond donors (Lipinski definition) is 2. The van der Waals surface area contributed by atoms with Gasteiger partial charge in [0.2, 0.25) is 5.91 Å². The van der Waals surface area contributed by atoms with E-state index in [0.717, 1.165) is 80.3 Å². The molecule has 1 atom stereocenters. The molecule has 1 aromatic carbocycles. The Balaban J connectivity index is 1.56. The highest BCUT2D eigenvalue weighted by atomic mass is 16.5. The predicted octanol–water partition coefficient (Wildman–Crippen LogP) is 3.46. The highest BCUT2D eigenvalue weighted by Crippen LogP contribution is 2.43. The molecule has 7 heteroatoms. The van der Waals surface area contributed by atoms with Gasteiger partial charge in [0.05, 0.1) is 24.8 Å². The third kappa shape index (κ3) is 4.58. The van der Waals surface area contributed by atoms with Crippen LogP contribution < -0.4 is 15.4 Å². The Morgan fingerprint density at radius 1 is 1.22 bits per heavy atom. The SMILES string of the molecule is CNc1cc(CN(C)C(=O)C2(c3ccc(OC)cc3)CCCC2)nc([C@@H]2CCCNC2)n1. The van der Waals surface area contributed by atoms with Gasteiger partial charge in [-0.15, -0.1) is 0 Å². The summed E-state index contributed by atoms with van der Waals surface area (Å²) in [6.07, 6.45) is 6.13. The molecule has 0 bridgehead atoms. The maximum Gasteiger partial charge on any atom is 0.233 e. The predicted molar refractivity (Wildman–Crippen MR) is 126 cm³/mol. The third-order valence-corrected chi connectivity index (χ3v) is 6.97. The van der Waals surface area contributed by atoms with Gasteiger partial charge >= 0.3 is 0 Å². The van der Waals surface area contributed by atoms with Crippen molar-refractivity contribution in [3.8, 4) is 5.75 Å². The number of piperidine rings is 1. The van der Waals surface area contributed by atoms with Crippen molar-refractivity contribution in [2.24, 2.45) is 0 Å². The molecule has 1 saturated heterocycles. The Hall–Kier alpha value is -2.67. The molecular weight excluding hydrogens is 402 g/mol. The molecule has 2 fully saturated rings. The molecule has 1 aromatic heterocycles. The first kappa shape index (κ1) is 22.5. The fourth-order valence-electron chi connectivity index (χ4n) is 5.18. The van der Waals surface area contributed by atoms with E-state index in [1.807, 2.05) is 49.3 Å². The van der Waals surface area contributed by atoms with Crippen LogP contribution in [0.3, 0.4) is 0 Å². The van der Waals surface area contributed by atoms with Gasteiger partial charge in [0, 0.05) is 32.6 Å². The minimum atomic E-state index is -0.462. The van der Waals surface area contributed by atoms with Crippen molar-refractivity contribution in [3.05, 3.63) is 47.4 Å². The fraction of sp³-hybridized carbons (Fsp3) is 0.560. The molecule has 0 radical (unpaired) electrons. The Bertz CT molecular complexity index is 918. The Morgan fingerprint density at radius 3 is 2.59 bits per heavy atom. The summed E-state index contributed by atoms with van der Waals surface area (Å²) in [5.74, 6) is 2.98. The number of nitrogens with zero attached hydrogens (tertiary/aromatic N) is 3. The average molecular weight is 438 g/mol. The maximum atomic E-state index is 13.8. The molecule has 0 unspecified atom stereocenters. The van der Waals surface area contributed by atoms with Gasteiger partial charge in [-0.05, 0) is 49.9 Å². The van der Waals surface area contributed by atoms with E-state index in [1.54, 1.807) is 7.11 Å². The maximum absolute atomic E-state index is 13.8. The zero-order chi connectivity index (χ0) is 22.6. The number of carbonyl (C=O) groups excluding carboxylic acids is 1. The normalized spacial score (nSPS) is 20.0. The smallest absolute Gasteiger partial charge is 0.233 e. The lowest BCUT2D eigenvalue weighted by Gasteiger charge is -2.33. The number of methoxy groups -OCH3 is 1. The molecule has 1 aliphatic carbocycles. The number of ether oxygens (including phenoxy) is 1. The standard InChI is InChI=1S/C25H35N5O2/c1-26-22-15-20(28-23(29-22)18-7-6-14-27-16-18)17-30(2)24(31)25(12-4-5-13-25)19-8-10-21(32-3)11-9-19/h8-11,15,18,27H,4-7,12-14,16-17H2,1-3H3,(H,26,28,29)/t18-/m1/s1. The Kier molecular flexibility index (Phi) is 6.94. The highest BCUT2D eigenvalue weighted by Gasteiger charge is 2.44. The first-order valence-electron chi connectivity index (χ1n) is 11.7. The summed E-state index contributed by atoms with van der Waals surface area (Å²) in [4.78, 5) is 25.2. The molecule has 172 valence electrons. The molecule has 1 saturated carbocycles. The molecule has 2 aromatic rings. The van der Waals surface area contributed by atoms with Gasteiger partial charge < -0.3 is 20.3 Å². The second-order valence-electron chi connectivity index (χ2n) is 9.07. The van der Waals surface area contributed by atoms with E-state index >= 15 is 0 Å². The molecule has 7 nitrogen and oxygen atoms in total. The number of likely N-dealkylation sites (N-methyl/N-ethyl adjacent to an activating group) is 1. The van der Waals surface area contributed by atoms with Crippen LogP contribution in [0.1, 0.15) is 61.5 Å². The first-order chi connectivity index (χ1) is 15.6. The van der Waals surface area contributed by atoms with Crippen LogP contribution in [0, 0.1) is 0 Å². The van der Waals surface area contributed by atoms with E-state index in [2.05, 4.69) is 10.6 Å². The number of benzene rings is 1. The summed E-state index contributed by atoms with van der Waals surface area (Å²) in [7, 11) is 5.44. The zero-order valence-electron chi connectivity index (χ0n) is 19.5. The molecule has 1 amide bonds. The summed E-state index contributed by atoms with van der Waals surface area (Å²) in [6, 6.07) is 9.97. The largest absolute Gasteiger partial charge is 0.497 e. The summed E-state index contributed by atoms with van der Waals surface area (Å²) < 4.78 is 5.31. The van der Waals surface area contributed by atoms with Crippen molar-refractivity contribution in [2.45, 2.75) is 56.4 Å². The molecule has 4 rings (SSSR count). The minimum absolute atomic E-state index is 0.172. The molecule has 0 spiro atoms. The van der Waals surface area contributed by atoms with Crippen molar-refractivity contribution >= 4 is 11.7 Å². The van der Waals surface area contributed by atoms with Gasteiger partial charge in [-0.25, -0.2) is 9.97 Å². The molecule has 2 aliphatic rings. The van der Waals surface area contributed by atoms with E-state index < -0.39 is 5.41 Å². The van der Waals surface area contributed by atoms with Gasteiger partial charge in [0.15, 0.2) is 0 Å².